The molecule has 1 fully saturated rings. The highest BCUT2D eigenvalue weighted by Gasteiger charge is 2.41. The average Bonchev–Trinajstić information content (AvgIpc) is 3.04. The first kappa shape index (κ1) is 13.5. The SMILES string of the molecule is CCCN(CC)CCNCC1(CC#N)CC1. The third kappa shape index (κ3) is 4.51. The van der Waals surface area contributed by atoms with Gasteiger partial charge >= 0.3 is 0 Å². The minimum atomic E-state index is 0.344. The van der Waals surface area contributed by atoms with Crippen LogP contribution in [0, 0.1) is 16.7 Å². The van der Waals surface area contributed by atoms with Crippen molar-refractivity contribution in [3.05, 3.63) is 0 Å². The molecular formula is C13H25N3. The fourth-order valence-electron chi connectivity index (χ4n) is 2.10. The van der Waals surface area contributed by atoms with Crippen molar-refractivity contribution in [2.45, 2.75) is 39.5 Å². The van der Waals surface area contributed by atoms with E-state index in [-0.39, 0.29) is 0 Å². The number of likely N-dealkylation sites (N-methyl/N-ethyl adjacent to an activating group) is 1. The molecule has 0 aromatic rings. The van der Waals surface area contributed by atoms with Crippen molar-refractivity contribution >= 4 is 0 Å². The van der Waals surface area contributed by atoms with Crippen molar-refractivity contribution in [3.8, 4) is 6.07 Å². The van der Waals surface area contributed by atoms with Gasteiger partial charge < -0.3 is 10.2 Å². The van der Waals surface area contributed by atoms with Gasteiger partial charge in [0.1, 0.15) is 0 Å². The summed E-state index contributed by atoms with van der Waals surface area (Å²) in [5, 5.41) is 12.2. The van der Waals surface area contributed by atoms with Crippen LogP contribution < -0.4 is 5.32 Å². The summed E-state index contributed by atoms with van der Waals surface area (Å²) in [4.78, 5) is 2.47. The predicted octanol–water partition coefficient (Wildman–Crippen LogP) is 2.00. The second kappa shape index (κ2) is 6.88. The molecule has 0 aliphatic heterocycles. The molecule has 0 atom stereocenters. The largest absolute Gasteiger partial charge is 0.315 e. The van der Waals surface area contributed by atoms with Crippen molar-refractivity contribution in [2.75, 3.05) is 32.7 Å². The normalized spacial score (nSPS) is 17.4. The van der Waals surface area contributed by atoms with Gasteiger partial charge in [-0.1, -0.05) is 13.8 Å². The zero-order chi connectivity index (χ0) is 11.9. The summed E-state index contributed by atoms with van der Waals surface area (Å²) in [7, 11) is 0. The van der Waals surface area contributed by atoms with Gasteiger partial charge in [0.15, 0.2) is 0 Å². The molecule has 0 spiro atoms. The van der Waals surface area contributed by atoms with Crippen LogP contribution in [0.1, 0.15) is 39.5 Å². The average molecular weight is 223 g/mol. The van der Waals surface area contributed by atoms with Crippen molar-refractivity contribution < 1.29 is 0 Å². The van der Waals surface area contributed by atoms with Crippen LogP contribution >= 0.6 is 0 Å². The molecule has 3 heteroatoms. The van der Waals surface area contributed by atoms with Crippen LogP contribution in [0.5, 0.6) is 0 Å². The summed E-state index contributed by atoms with van der Waals surface area (Å²) in [6.45, 7) is 9.99. The summed E-state index contributed by atoms with van der Waals surface area (Å²) in [6, 6.07) is 2.30. The Morgan fingerprint density at radius 2 is 2.06 bits per heavy atom. The van der Waals surface area contributed by atoms with Crippen LogP contribution in [0.15, 0.2) is 0 Å². The highest BCUT2D eigenvalue weighted by atomic mass is 15.1. The Labute approximate surface area is 99.8 Å². The molecule has 0 aromatic heterocycles. The molecule has 92 valence electrons. The molecule has 3 nitrogen and oxygen atoms in total. The number of nitrogens with one attached hydrogen (secondary N) is 1. The molecule has 1 aliphatic rings. The van der Waals surface area contributed by atoms with Gasteiger partial charge in [-0.3, -0.25) is 0 Å². The molecule has 0 radical (unpaired) electrons. The lowest BCUT2D eigenvalue weighted by molar-refractivity contribution is 0.284. The van der Waals surface area contributed by atoms with E-state index >= 15 is 0 Å². The Morgan fingerprint density at radius 3 is 2.56 bits per heavy atom. The first-order chi connectivity index (χ1) is 7.76. The highest BCUT2D eigenvalue weighted by Crippen LogP contribution is 2.47. The number of hydrogen-bond donors (Lipinski definition) is 1. The summed E-state index contributed by atoms with van der Waals surface area (Å²) >= 11 is 0. The Morgan fingerprint density at radius 1 is 1.31 bits per heavy atom. The summed E-state index contributed by atoms with van der Waals surface area (Å²) in [6.07, 6.45) is 4.43. The lowest BCUT2D eigenvalue weighted by Gasteiger charge is -2.20. The van der Waals surface area contributed by atoms with E-state index in [1.807, 2.05) is 0 Å². The molecule has 1 saturated carbocycles. The molecule has 1 N–H and O–H groups in total. The van der Waals surface area contributed by atoms with Gasteiger partial charge in [-0.15, -0.1) is 0 Å². The van der Waals surface area contributed by atoms with E-state index in [0.717, 1.165) is 32.6 Å². The Balaban J connectivity index is 2.05. The van der Waals surface area contributed by atoms with Gasteiger partial charge in [-0.25, -0.2) is 0 Å². The molecule has 0 unspecified atom stereocenters. The zero-order valence-electron chi connectivity index (χ0n) is 10.8. The first-order valence-electron chi connectivity index (χ1n) is 6.56. The molecule has 0 bridgehead atoms. The van der Waals surface area contributed by atoms with Crippen LogP contribution in [0.4, 0.5) is 0 Å². The van der Waals surface area contributed by atoms with E-state index in [1.165, 1.54) is 25.8 Å². The maximum absolute atomic E-state index is 8.71. The molecular weight excluding hydrogens is 198 g/mol. The van der Waals surface area contributed by atoms with Crippen LogP contribution in [0.2, 0.25) is 0 Å². The van der Waals surface area contributed by atoms with Gasteiger partial charge in [0.2, 0.25) is 0 Å². The molecule has 0 saturated heterocycles. The first-order valence-corrected chi connectivity index (χ1v) is 6.56. The second-order valence-corrected chi connectivity index (χ2v) is 4.95. The quantitative estimate of drug-likeness (QED) is 0.608. The van der Waals surface area contributed by atoms with E-state index in [2.05, 4.69) is 30.1 Å². The summed E-state index contributed by atoms with van der Waals surface area (Å²) in [5.74, 6) is 0. The minimum Gasteiger partial charge on any atom is -0.315 e. The minimum absolute atomic E-state index is 0.344. The Kier molecular flexibility index (Phi) is 5.79. The van der Waals surface area contributed by atoms with Crippen LogP contribution in [-0.2, 0) is 0 Å². The molecule has 0 heterocycles. The molecule has 16 heavy (non-hydrogen) atoms. The van der Waals surface area contributed by atoms with Crippen LogP contribution in [0.25, 0.3) is 0 Å². The topological polar surface area (TPSA) is 39.1 Å². The van der Waals surface area contributed by atoms with Crippen molar-refractivity contribution in [1.82, 2.24) is 10.2 Å². The lowest BCUT2D eigenvalue weighted by Crippen LogP contribution is -2.34. The fraction of sp³-hybridized carbons (Fsp3) is 0.923. The number of hydrogen-bond acceptors (Lipinski definition) is 3. The van der Waals surface area contributed by atoms with Crippen LogP contribution in [0.3, 0.4) is 0 Å². The van der Waals surface area contributed by atoms with E-state index in [1.54, 1.807) is 0 Å². The van der Waals surface area contributed by atoms with Gasteiger partial charge in [-0.2, -0.15) is 5.26 Å². The van der Waals surface area contributed by atoms with Crippen molar-refractivity contribution in [2.24, 2.45) is 5.41 Å². The number of nitriles is 1. The third-order valence-electron chi connectivity index (χ3n) is 3.50. The van der Waals surface area contributed by atoms with E-state index in [0.29, 0.717) is 5.41 Å². The lowest BCUT2D eigenvalue weighted by atomic mass is 10.0. The van der Waals surface area contributed by atoms with Gasteiger partial charge in [0.05, 0.1) is 6.07 Å². The van der Waals surface area contributed by atoms with E-state index in [9.17, 15) is 0 Å². The summed E-state index contributed by atoms with van der Waals surface area (Å²) < 4.78 is 0. The molecule has 0 amide bonds. The Hall–Kier alpha value is -0.590. The molecule has 1 aliphatic carbocycles. The van der Waals surface area contributed by atoms with E-state index < -0.39 is 0 Å². The third-order valence-corrected chi connectivity index (χ3v) is 3.50. The van der Waals surface area contributed by atoms with Gasteiger partial charge in [0, 0.05) is 26.1 Å². The Bertz CT molecular complexity index is 228. The monoisotopic (exact) mass is 223 g/mol. The fourth-order valence-corrected chi connectivity index (χ4v) is 2.10. The van der Waals surface area contributed by atoms with E-state index in [4.69, 9.17) is 5.26 Å². The zero-order valence-corrected chi connectivity index (χ0v) is 10.8. The second-order valence-electron chi connectivity index (χ2n) is 4.95. The van der Waals surface area contributed by atoms with Crippen molar-refractivity contribution in [1.29, 1.82) is 5.26 Å². The number of nitrogens with zero attached hydrogens (tertiary/aromatic N) is 2. The van der Waals surface area contributed by atoms with Gasteiger partial charge in [-0.05, 0) is 37.8 Å². The predicted molar refractivity (Wildman–Crippen MR) is 67.2 cm³/mol. The van der Waals surface area contributed by atoms with Crippen molar-refractivity contribution in [3.63, 3.8) is 0 Å². The highest BCUT2D eigenvalue weighted by molar-refractivity contribution is 5.00. The maximum atomic E-state index is 8.71. The van der Waals surface area contributed by atoms with Gasteiger partial charge in [0.25, 0.3) is 0 Å². The maximum Gasteiger partial charge on any atom is 0.0628 e. The smallest absolute Gasteiger partial charge is 0.0628 e. The standard InChI is InChI=1S/C13H25N3/c1-3-10-16(4-2)11-9-15-12-13(5-6-13)7-8-14/h15H,3-7,9-12H2,1-2H3. The number of rotatable bonds is 9. The molecule has 1 rings (SSSR count). The summed E-state index contributed by atoms with van der Waals surface area (Å²) in [5.41, 5.74) is 0.344. The molecule has 0 aromatic carbocycles. The van der Waals surface area contributed by atoms with Crippen LogP contribution in [-0.4, -0.2) is 37.6 Å².